The van der Waals surface area contributed by atoms with Crippen molar-refractivity contribution in [3.63, 3.8) is 0 Å². The summed E-state index contributed by atoms with van der Waals surface area (Å²) < 4.78 is 15.7. The molecule has 2 heterocycles. The Hall–Kier alpha value is -2.44. The average Bonchev–Trinajstić information content (AvgIpc) is 3.10. The van der Waals surface area contributed by atoms with Gasteiger partial charge >= 0.3 is 0 Å². The largest absolute Gasteiger partial charge is 0.342 e. The van der Waals surface area contributed by atoms with E-state index in [1.54, 1.807) is 12.1 Å². The molecule has 3 aromatic rings. The molecule has 124 valence electrons. The Morgan fingerprint density at radius 3 is 2.64 bits per heavy atom. The van der Waals surface area contributed by atoms with Crippen LogP contribution in [0.3, 0.4) is 0 Å². The summed E-state index contributed by atoms with van der Waals surface area (Å²) in [6, 6.07) is 14.5. The summed E-state index contributed by atoms with van der Waals surface area (Å²) in [7, 11) is 0. The highest BCUT2D eigenvalue weighted by Crippen LogP contribution is 2.30. The van der Waals surface area contributed by atoms with Crippen LogP contribution in [0.1, 0.15) is 11.1 Å². The summed E-state index contributed by atoms with van der Waals surface area (Å²) in [4.78, 5) is 12.5. The van der Waals surface area contributed by atoms with Gasteiger partial charge in [0.15, 0.2) is 0 Å². The number of rotatable bonds is 3. The van der Waals surface area contributed by atoms with Crippen LogP contribution in [-0.2, 0) is 11.3 Å². The van der Waals surface area contributed by atoms with Crippen molar-refractivity contribution in [2.45, 2.75) is 6.54 Å². The van der Waals surface area contributed by atoms with E-state index in [0.29, 0.717) is 15.8 Å². The van der Waals surface area contributed by atoms with Crippen LogP contribution in [0.2, 0.25) is 0 Å². The molecule has 0 atom stereocenters. The fourth-order valence-electron chi connectivity index (χ4n) is 2.87. The zero-order valence-corrected chi connectivity index (χ0v) is 14.7. The van der Waals surface area contributed by atoms with Crippen molar-refractivity contribution >= 4 is 51.2 Å². The summed E-state index contributed by atoms with van der Waals surface area (Å²) in [5, 5.41) is 3.69. The standard InChI is InChI=1S/C19H13FN2OS2/c20-14-7-5-12(6-8-14)10-22-11-13(15-3-1-2-4-16(15)22)9-17-18(23)21-19(24)25-17/h1-9,11H,10H2,(H,21,23,24)/b17-9-. The lowest BCUT2D eigenvalue weighted by Gasteiger charge is -2.05. The minimum Gasteiger partial charge on any atom is -0.342 e. The van der Waals surface area contributed by atoms with Crippen LogP contribution in [0.4, 0.5) is 4.39 Å². The van der Waals surface area contributed by atoms with Crippen molar-refractivity contribution in [2.75, 3.05) is 0 Å². The molecule has 0 aliphatic carbocycles. The van der Waals surface area contributed by atoms with Crippen molar-refractivity contribution in [3.8, 4) is 0 Å². The molecule has 25 heavy (non-hydrogen) atoms. The molecule has 1 aliphatic rings. The average molecular weight is 368 g/mol. The van der Waals surface area contributed by atoms with Crippen molar-refractivity contribution < 1.29 is 9.18 Å². The van der Waals surface area contributed by atoms with E-state index in [1.165, 1.54) is 23.9 Å². The zero-order valence-electron chi connectivity index (χ0n) is 13.0. The number of thiocarbonyl (C=S) groups is 1. The van der Waals surface area contributed by atoms with Gasteiger partial charge in [0.2, 0.25) is 0 Å². The summed E-state index contributed by atoms with van der Waals surface area (Å²) >= 11 is 6.31. The van der Waals surface area contributed by atoms with Gasteiger partial charge in [-0.05, 0) is 29.8 Å². The Morgan fingerprint density at radius 2 is 1.92 bits per heavy atom. The lowest BCUT2D eigenvalue weighted by molar-refractivity contribution is -0.115. The van der Waals surface area contributed by atoms with Crippen LogP contribution in [0, 0.1) is 5.82 Å². The number of carbonyl (C=O) groups excluding carboxylic acids is 1. The molecule has 1 fully saturated rings. The Labute approximate surface area is 153 Å². The van der Waals surface area contributed by atoms with Gasteiger partial charge in [0.25, 0.3) is 5.91 Å². The summed E-state index contributed by atoms with van der Waals surface area (Å²) in [5.74, 6) is -0.405. The van der Waals surface area contributed by atoms with Gasteiger partial charge in [0.05, 0.1) is 4.91 Å². The van der Waals surface area contributed by atoms with Crippen LogP contribution in [0.25, 0.3) is 17.0 Å². The fourth-order valence-corrected chi connectivity index (χ4v) is 3.90. The lowest BCUT2D eigenvalue weighted by atomic mass is 10.1. The van der Waals surface area contributed by atoms with E-state index in [1.807, 2.05) is 36.5 Å². The summed E-state index contributed by atoms with van der Waals surface area (Å²) in [6.07, 6.45) is 3.87. The maximum absolute atomic E-state index is 13.1. The molecule has 0 spiro atoms. The third-order valence-corrected chi connectivity index (χ3v) is 5.18. The molecular formula is C19H13FN2OS2. The summed E-state index contributed by atoms with van der Waals surface area (Å²) in [6.45, 7) is 0.627. The molecule has 3 nitrogen and oxygen atoms in total. The molecule has 0 unspecified atom stereocenters. The van der Waals surface area contributed by atoms with Crippen LogP contribution in [-0.4, -0.2) is 14.8 Å². The monoisotopic (exact) mass is 368 g/mol. The molecule has 0 saturated carbocycles. The molecule has 1 aliphatic heterocycles. The Kier molecular flexibility index (Phi) is 4.15. The van der Waals surface area contributed by atoms with Gasteiger partial charge in [-0.25, -0.2) is 4.39 Å². The fraction of sp³-hybridized carbons (Fsp3) is 0.0526. The Balaban J connectivity index is 1.76. The van der Waals surface area contributed by atoms with Crippen LogP contribution in [0.5, 0.6) is 0 Å². The number of nitrogens with one attached hydrogen (secondary N) is 1. The highest BCUT2D eigenvalue weighted by atomic mass is 32.2. The second-order valence-electron chi connectivity index (χ2n) is 5.71. The molecule has 1 amide bonds. The first-order valence-electron chi connectivity index (χ1n) is 7.67. The number of halogens is 1. The van der Waals surface area contributed by atoms with Crippen molar-refractivity contribution in [3.05, 3.63) is 76.6 Å². The quantitative estimate of drug-likeness (QED) is 0.552. The summed E-state index contributed by atoms with van der Waals surface area (Å²) in [5.41, 5.74) is 3.03. The molecule has 1 aromatic heterocycles. The number of amides is 1. The van der Waals surface area contributed by atoms with E-state index >= 15 is 0 Å². The SMILES string of the molecule is O=C1NC(=S)S/C1=C\c1cn(Cc2ccc(F)cc2)c2ccccc12. The first-order chi connectivity index (χ1) is 12.1. The zero-order chi connectivity index (χ0) is 17.4. The number of aromatic nitrogens is 1. The van der Waals surface area contributed by atoms with E-state index < -0.39 is 0 Å². The highest BCUT2D eigenvalue weighted by Gasteiger charge is 2.22. The molecule has 0 radical (unpaired) electrons. The number of benzene rings is 2. The number of para-hydroxylation sites is 1. The Morgan fingerprint density at radius 1 is 1.16 bits per heavy atom. The van der Waals surface area contributed by atoms with Crippen molar-refractivity contribution in [1.82, 2.24) is 9.88 Å². The van der Waals surface area contributed by atoms with Crippen LogP contribution < -0.4 is 5.32 Å². The van der Waals surface area contributed by atoms with Crippen LogP contribution in [0.15, 0.2) is 59.6 Å². The van der Waals surface area contributed by atoms with Crippen molar-refractivity contribution in [2.24, 2.45) is 0 Å². The van der Waals surface area contributed by atoms with Crippen LogP contribution >= 0.6 is 24.0 Å². The number of hydrogen-bond acceptors (Lipinski definition) is 3. The van der Waals surface area contributed by atoms with Gasteiger partial charge in [-0.1, -0.05) is 54.3 Å². The van der Waals surface area contributed by atoms with Gasteiger partial charge in [-0.15, -0.1) is 0 Å². The van der Waals surface area contributed by atoms with E-state index in [-0.39, 0.29) is 11.7 Å². The molecule has 1 saturated heterocycles. The normalized spacial score (nSPS) is 16.0. The van der Waals surface area contributed by atoms with E-state index in [0.717, 1.165) is 22.0 Å². The van der Waals surface area contributed by atoms with Gasteiger partial charge in [-0.3, -0.25) is 4.79 Å². The van der Waals surface area contributed by atoms with E-state index in [2.05, 4.69) is 9.88 Å². The number of hydrogen-bond donors (Lipinski definition) is 1. The predicted molar refractivity (Wildman–Crippen MR) is 104 cm³/mol. The molecular weight excluding hydrogens is 355 g/mol. The number of fused-ring (bicyclic) bond motifs is 1. The van der Waals surface area contributed by atoms with Gasteiger partial charge < -0.3 is 9.88 Å². The topological polar surface area (TPSA) is 34.0 Å². The lowest BCUT2D eigenvalue weighted by Crippen LogP contribution is -2.17. The minimum absolute atomic E-state index is 0.162. The van der Waals surface area contributed by atoms with Gasteiger partial charge in [0, 0.05) is 29.2 Å². The highest BCUT2D eigenvalue weighted by molar-refractivity contribution is 8.26. The Bertz CT molecular complexity index is 1020. The first kappa shape index (κ1) is 16.1. The minimum atomic E-state index is -0.244. The third-order valence-electron chi connectivity index (χ3n) is 4.01. The smallest absolute Gasteiger partial charge is 0.263 e. The molecule has 0 bridgehead atoms. The second kappa shape index (κ2) is 6.46. The van der Waals surface area contributed by atoms with E-state index in [9.17, 15) is 9.18 Å². The third kappa shape index (κ3) is 3.23. The number of thioether (sulfide) groups is 1. The molecule has 1 N–H and O–H groups in total. The van der Waals surface area contributed by atoms with Gasteiger partial charge in [0.1, 0.15) is 10.1 Å². The second-order valence-corrected chi connectivity index (χ2v) is 7.43. The first-order valence-corrected chi connectivity index (χ1v) is 8.90. The molecule has 6 heteroatoms. The van der Waals surface area contributed by atoms with Gasteiger partial charge in [-0.2, -0.15) is 0 Å². The maximum atomic E-state index is 13.1. The van der Waals surface area contributed by atoms with Crippen molar-refractivity contribution in [1.29, 1.82) is 0 Å². The maximum Gasteiger partial charge on any atom is 0.263 e. The number of nitrogens with zero attached hydrogens (tertiary/aromatic N) is 1. The predicted octanol–water partition coefficient (Wildman–Crippen LogP) is 4.32. The van der Waals surface area contributed by atoms with E-state index in [4.69, 9.17) is 12.2 Å². The number of carbonyl (C=O) groups is 1. The molecule has 2 aromatic carbocycles. The molecule has 4 rings (SSSR count).